The molecule has 1 N–H and O–H groups in total. The van der Waals surface area contributed by atoms with Gasteiger partial charge in [0, 0.05) is 23.6 Å². The molecule has 0 aliphatic heterocycles. The SMILES string of the molecule is [N-]=[N+]=NCCCNC(=O)c1ccc2ccc3cccc4ccc1c2c34. The number of hydrogen-bond acceptors (Lipinski definition) is 2. The summed E-state index contributed by atoms with van der Waals surface area (Å²) in [5.41, 5.74) is 8.95. The van der Waals surface area contributed by atoms with Crippen LogP contribution in [0.2, 0.25) is 0 Å². The van der Waals surface area contributed by atoms with Gasteiger partial charge in [-0.2, -0.15) is 0 Å². The van der Waals surface area contributed by atoms with E-state index in [9.17, 15) is 4.79 Å². The summed E-state index contributed by atoms with van der Waals surface area (Å²) in [6, 6.07) is 18.5. The Morgan fingerprint density at radius 2 is 1.64 bits per heavy atom. The first-order valence-corrected chi connectivity index (χ1v) is 8.25. The van der Waals surface area contributed by atoms with Crippen molar-refractivity contribution in [2.75, 3.05) is 13.1 Å². The minimum Gasteiger partial charge on any atom is -0.352 e. The van der Waals surface area contributed by atoms with E-state index >= 15 is 0 Å². The van der Waals surface area contributed by atoms with E-state index in [0.29, 0.717) is 25.1 Å². The molecule has 122 valence electrons. The van der Waals surface area contributed by atoms with Crippen LogP contribution in [0.3, 0.4) is 0 Å². The quantitative estimate of drug-likeness (QED) is 0.180. The zero-order valence-electron chi connectivity index (χ0n) is 13.6. The molecule has 0 bridgehead atoms. The molecule has 5 heteroatoms. The number of carbonyl (C=O) groups excluding carboxylic acids is 1. The average Bonchev–Trinajstić information content (AvgIpc) is 2.65. The number of nitrogens with one attached hydrogen (secondary N) is 1. The van der Waals surface area contributed by atoms with E-state index in [-0.39, 0.29) is 5.91 Å². The molecule has 4 aromatic rings. The maximum absolute atomic E-state index is 12.6. The van der Waals surface area contributed by atoms with Crippen molar-refractivity contribution in [1.82, 2.24) is 5.32 Å². The molecule has 0 fully saturated rings. The molecule has 0 saturated heterocycles. The molecule has 0 spiro atoms. The first-order chi connectivity index (χ1) is 12.3. The van der Waals surface area contributed by atoms with E-state index < -0.39 is 0 Å². The molecule has 0 aliphatic rings. The Bertz CT molecular complexity index is 1110. The predicted molar refractivity (Wildman–Crippen MR) is 101 cm³/mol. The average molecular weight is 328 g/mol. The Kier molecular flexibility index (Phi) is 3.84. The first-order valence-electron chi connectivity index (χ1n) is 8.25. The standard InChI is InChI=1S/C20H16N4O/c21-24-23-12-2-11-22-20(25)17-10-8-15-6-5-13-3-1-4-14-7-9-16(17)19(15)18(13)14/h1,3-10H,2,11-12H2,(H,22,25). The summed E-state index contributed by atoms with van der Waals surface area (Å²) in [4.78, 5) is 15.3. The van der Waals surface area contributed by atoms with E-state index in [0.717, 1.165) is 16.2 Å². The largest absolute Gasteiger partial charge is 0.352 e. The van der Waals surface area contributed by atoms with E-state index in [1.807, 2.05) is 18.2 Å². The molecule has 0 heterocycles. The Balaban J connectivity index is 1.77. The summed E-state index contributed by atoms with van der Waals surface area (Å²) in [5, 5.41) is 13.2. The van der Waals surface area contributed by atoms with Gasteiger partial charge < -0.3 is 5.32 Å². The highest BCUT2D eigenvalue weighted by Gasteiger charge is 2.14. The molecule has 0 aromatic heterocycles. The van der Waals surface area contributed by atoms with Gasteiger partial charge in [0.15, 0.2) is 0 Å². The Morgan fingerprint density at radius 3 is 2.40 bits per heavy atom. The van der Waals surface area contributed by atoms with Crippen molar-refractivity contribution in [2.24, 2.45) is 5.11 Å². The summed E-state index contributed by atoms with van der Waals surface area (Å²) < 4.78 is 0. The third kappa shape index (κ3) is 2.61. The lowest BCUT2D eigenvalue weighted by molar-refractivity contribution is 0.0955. The monoisotopic (exact) mass is 328 g/mol. The molecule has 4 rings (SSSR count). The normalized spacial score (nSPS) is 11.0. The van der Waals surface area contributed by atoms with Gasteiger partial charge in [-0.25, -0.2) is 0 Å². The fourth-order valence-corrected chi connectivity index (χ4v) is 3.42. The number of azide groups is 1. The summed E-state index contributed by atoms with van der Waals surface area (Å²) in [5.74, 6) is -0.0983. The predicted octanol–water partition coefficient (Wildman–Crippen LogP) is 5.01. The number of nitrogens with zero attached hydrogens (tertiary/aromatic N) is 3. The van der Waals surface area contributed by atoms with Gasteiger partial charge in [-0.3, -0.25) is 4.79 Å². The lowest BCUT2D eigenvalue weighted by Crippen LogP contribution is -2.25. The van der Waals surface area contributed by atoms with Crippen LogP contribution in [0.4, 0.5) is 0 Å². The molecule has 4 aromatic carbocycles. The van der Waals surface area contributed by atoms with Crippen molar-refractivity contribution in [3.8, 4) is 0 Å². The van der Waals surface area contributed by atoms with Crippen LogP contribution in [0.15, 0.2) is 59.7 Å². The lowest BCUT2D eigenvalue weighted by Gasteiger charge is -2.13. The highest BCUT2D eigenvalue weighted by atomic mass is 16.1. The number of amides is 1. The minimum atomic E-state index is -0.0983. The van der Waals surface area contributed by atoms with Crippen LogP contribution < -0.4 is 5.32 Å². The molecule has 0 unspecified atom stereocenters. The second-order valence-corrected chi connectivity index (χ2v) is 6.03. The lowest BCUT2D eigenvalue weighted by atomic mass is 9.92. The first kappa shape index (κ1) is 15.2. The van der Waals surface area contributed by atoms with Gasteiger partial charge in [-0.1, -0.05) is 53.6 Å². The van der Waals surface area contributed by atoms with Crippen LogP contribution in [-0.4, -0.2) is 19.0 Å². The van der Waals surface area contributed by atoms with Gasteiger partial charge in [-0.05, 0) is 50.3 Å². The van der Waals surface area contributed by atoms with Crippen molar-refractivity contribution < 1.29 is 4.79 Å². The summed E-state index contributed by atoms with van der Waals surface area (Å²) in [6.45, 7) is 0.870. The van der Waals surface area contributed by atoms with Crippen molar-refractivity contribution in [2.45, 2.75) is 6.42 Å². The number of carbonyl (C=O) groups is 1. The van der Waals surface area contributed by atoms with Gasteiger partial charge in [0.2, 0.25) is 0 Å². The second-order valence-electron chi connectivity index (χ2n) is 6.03. The van der Waals surface area contributed by atoms with E-state index in [2.05, 4.69) is 51.7 Å². The fraction of sp³-hybridized carbons (Fsp3) is 0.150. The topological polar surface area (TPSA) is 77.9 Å². The van der Waals surface area contributed by atoms with Crippen molar-refractivity contribution >= 4 is 38.2 Å². The second kappa shape index (κ2) is 6.30. The summed E-state index contributed by atoms with van der Waals surface area (Å²) in [7, 11) is 0. The Hall–Kier alpha value is -3.30. The Labute approximate surface area is 144 Å². The van der Waals surface area contributed by atoms with Crippen LogP contribution in [0.25, 0.3) is 42.8 Å². The number of rotatable bonds is 5. The van der Waals surface area contributed by atoms with Gasteiger partial charge in [0.1, 0.15) is 0 Å². The van der Waals surface area contributed by atoms with Gasteiger partial charge in [-0.15, -0.1) is 0 Å². The van der Waals surface area contributed by atoms with Gasteiger partial charge in [0.25, 0.3) is 5.91 Å². The van der Waals surface area contributed by atoms with Gasteiger partial charge in [0.05, 0.1) is 0 Å². The third-order valence-corrected chi connectivity index (χ3v) is 4.56. The van der Waals surface area contributed by atoms with Crippen molar-refractivity contribution in [1.29, 1.82) is 0 Å². The molecule has 0 radical (unpaired) electrons. The molecule has 1 amide bonds. The van der Waals surface area contributed by atoms with Crippen molar-refractivity contribution in [3.05, 3.63) is 70.6 Å². The highest BCUT2D eigenvalue weighted by Crippen LogP contribution is 2.35. The number of hydrogen-bond donors (Lipinski definition) is 1. The van der Waals surface area contributed by atoms with Gasteiger partial charge >= 0.3 is 0 Å². The van der Waals surface area contributed by atoms with Crippen LogP contribution in [0.1, 0.15) is 16.8 Å². The van der Waals surface area contributed by atoms with Crippen molar-refractivity contribution in [3.63, 3.8) is 0 Å². The van der Waals surface area contributed by atoms with Crippen LogP contribution in [0, 0.1) is 0 Å². The van der Waals surface area contributed by atoms with E-state index in [4.69, 9.17) is 5.53 Å². The molecular formula is C20H16N4O. The number of benzene rings is 4. The Morgan fingerprint density at radius 1 is 0.960 bits per heavy atom. The van der Waals surface area contributed by atoms with Crippen LogP contribution >= 0.6 is 0 Å². The smallest absolute Gasteiger partial charge is 0.251 e. The van der Waals surface area contributed by atoms with E-state index in [1.165, 1.54) is 16.2 Å². The summed E-state index contributed by atoms with van der Waals surface area (Å²) in [6.07, 6.45) is 0.627. The zero-order chi connectivity index (χ0) is 17.2. The van der Waals surface area contributed by atoms with Crippen LogP contribution in [-0.2, 0) is 0 Å². The maximum atomic E-state index is 12.6. The molecule has 5 nitrogen and oxygen atoms in total. The molecule has 0 aliphatic carbocycles. The summed E-state index contributed by atoms with van der Waals surface area (Å²) >= 11 is 0. The molecule has 0 atom stereocenters. The van der Waals surface area contributed by atoms with E-state index in [1.54, 1.807) is 0 Å². The minimum absolute atomic E-state index is 0.0983. The zero-order valence-corrected chi connectivity index (χ0v) is 13.6. The third-order valence-electron chi connectivity index (χ3n) is 4.56. The fourth-order valence-electron chi connectivity index (χ4n) is 3.42. The molecular weight excluding hydrogens is 312 g/mol. The maximum Gasteiger partial charge on any atom is 0.251 e. The molecule has 25 heavy (non-hydrogen) atoms. The highest BCUT2D eigenvalue weighted by molar-refractivity contribution is 6.26. The van der Waals surface area contributed by atoms with Crippen LogP contribution in [0.5, 0.6) is 0 Å². The molecule has 0 saturated carbocycles.